The number of halogens is 1. The van der Waals surface area contributed by atoms with Crippen LogP contribution >= 0.6 is 11.8 Å². The molecule has 2 nitrogen and oxygen atoms in total. The van der Waals surface area contributed by atoms with Crippen molar-refractivity contribution in [3.8, 4) is 5.75 Å². The predicted molar refractivity (Wildman–Crippen MR) is 77.0 cm³/mol. The van der Waals surface area contributed by atoms with Gasteiger partial charge in [-0.05, 0) is 36.8 Å². The largest absolute Gasteiger partial charge is 0.480 e. The van der Waals surface area contributed by atoms with Crippen LogP contribution < -0.4 is 4.74 Å². The van der Waals surface area contributed by atoms with Gasteiger partial charge in [0.1, 0.15) is 11.6 Å². The normalized spacial score (nSPS) is 17.2. The molecule has 3 rings (SSSR count). The molecule has 0 saturated carbocycles. The lowest BCUT2D eigenvalue weighted by Crippen LogP contribution is -2.32. The van der Waals surface area contributed by atoms with Gasteiger partial charge in [0.25, 0.3) is 0 Å². The van der Waals surface area contributed by atoms with E-state index in [0.717, 1.165) is 16.2 Å². The first kappa shape index (κ1) is 13.2. The Morgan fingerprint density at radius 3 is 2.95 bits per heavy atom. The SMILES string of the molecule is Cc1ccc(F)cc1C(=O)C1CSc2ccccc2O1. The van der Waals surface area contributed by atoms with E-state index in [4.69, 9.17) is 4.74 Å². The van der Waals surface area contributed by atoms with Crippen LogP contribution in [0.4, 0.5) is 4.39 Å². The van der Waals surface area contributed by atoms with E-state index in [2.05, 4.69) is 0 Å². The minimum absolute atomic E-state index is 0.163. The first-order valence-electron chi connectivity index (χ1n) is 6.34. The second-order valence-corrected chi connectivity index (χ2v) is 5.75. The zero-order valence-electron chi connectivity index (χ0n) is 10.9. The van der Waals surface area contributed by atoms with E-state index in [1.165, 1.54) is 12.1 Å². The Morgan fingerprint density at radius 1 is 1.30 bits per heavy atom. The van der Waals surface area contributed by atoms with Gasteiger partial charge in [-0.15, -0.1) is 11.8 Å². The molecule has 0 N–H and O–H groups in total. The summed E-state index contributed by atoms with van der Waals surface area (Å²) < 4.78 is 19.1. The van der Waals surface area contributed by atoms with Gasteiger partial charge in [0, 0.05) is 16.2 Å². The first-order valence-corrected chi connectivity index (χ1v) is 7.32. The molecule has 1 aliphatic heterocycles. The maximum absolute atomic E-state index is 13.3. The van der Waals surface area contributed by atoms with Gasteiger partial charge in [-0.3, -0.25) is 4.79 Å². The average molecular weight is 288 g/mol. The van der Waals surface area contributed by atoms with Crippen LogP contribution in [0.5, 0.6) is 5.75 Å². The number of para-hydroxylation sites is 1. The Balaban J connectivity index is 1.88. The van der Waals surface area contributed by atoms with Crippen molar-refractivity contribution in [1.82, 2.24) is 0 Å². The molecule has 0 aliphatic carbocycles. The molecule has 1 unspecified atom stereocenters. The Labute approximate surface area is 121 Å². The van der Waals surface area contributed by atoms with Crippen molar-refractivity contribution in [2.45, 2.75) is 17.9 Å². The quantitative estimate of drug-likeness (QED) is 0.785. The van der Waals surface area contributed by atoms with Crippen LogP contribution in [0.3, 0.4) is 0 Å². The zero-order valence-corrected chi connectivity index (χ0v) is 11.7. The lowest BCUT2D eigenvalue weighted by atomic mass is 10.0. The van der Waals surface area contributed by atoms with Crippen molar-refractivity contribution in [1.29, 1.82) is 0 Å². The molecule has 4 heteroatoms. The van der Waals surface area contributed by atoms with Crippen LogP contribution in [-0.2, 0) is 0 Å². The summed E-state index contributed by atoms with van der Waals surface area (Å²) in [6.45, 7) is 1.80. The summed E-state index contributed by atoms with van der Waals surface area (Å²) in [6, 6.07) is 11.9. The molecule has 0 fully saturated rings. The summed E-state index contributed by atoms with van der Waals surface area (Å²) in [6.07, 6.45) is -0.560. The molecule has 2 aromatic carbocycles. The number of carbonyl (C=O) groups excluding carboxylic acids is 1. The molecule has 0 amide bonds. The third kappa shape index (κ3) is 2.43. The van der Waals surface area contributed by atoms with Gasteiger partial charge in [0.05, 0.1) is 0 Å². The van der Waals surface area contributed by atoms with Crippen molar-refractivity contribution in [3.63, 3.8) is 0 Å². The van der Waals surface area contributed by atoms with E-state index in [1.807, 2.05) is 24.3 Å². The molecular weight excluding hydrogens is 275 g/mol. The predicted octanol–water partition coefficient (Wildman–Crippen LogP) is 3.87. The number of thioether (sulfide) groups is 1. The highest BCUT2D eigenvalue weighted by atomic mass is 32.2. The van der Waals surface area contributed by atoms with Crippen molar-refractivity contribution < 1.29 is 13.9 Å². The van der Waals surface area contributed by atoms with E-state index in [-0.39, 0.29) is 5.78 Å². The molecule has 20 heavy (non-hydrogen) atoms. The van der Waals surface area contributed by atoms with Crippen molar-refractivity contribution in [3.05, 3.63) is 59.4 Å². The molecule has 1 atom stereocenters. The number of fused-ring (bicyclic) bond motifs is 1. The van der Waals surface area contributed by atoms with Gasteiger partial charge in [-0.25, -0.2) is 4.39 Å². The molecule has 0 saturated heterocycles. The first-order chi connectivity index (χ1) is 9.65. The fraction of sp³-hybridized carbons (Fsp3) is 0.188. The highest BCUT2D eigenvalue weighted by Gasteiger charge is 2.28. The number of ether oxygens (including phenoxy) is 1. The monoisotopic (exact) mass is 288 g/mol. The minimum atomic E-state index is -0.560. The Morgan fingerprint density at radius 2 is 2.10 bits per heavy atom. The van der Waals surface area contributed by atoms with Gasteiger partial charge in [0.2, 0.25) is 5.78 Å². The van der Waals surface area contributed by atoms with Gasteiger partial charge < -0.3 is 4.74 Å². The highest BCUT2D eigenvalue weighted by molar-refractivity contribution is 7.99. The Kier molecular flexibility index (Phi) is 3.49. The summed E-state index contributed by atoms with van der Waals surface area (Å²) in [4.78, 5) is 13.5. The van der Waals surface area contributed by atoms with E-state index in [9.17, 15) is 9.18 Å². The summed E-state index contributed by atoms with van der Waals surface area (Å²) in [5.41, 5.74) is 1.17. The summed E-state index contributed by atoms with van der Waals surface area (Å²) >= 11 is 1.59. The standard InChI is InChI=1S/C16H13FO2S/c1-10-6-7-11(17)8-12(10)16(18)14-9-20-15-5-3-2-4-13(15)19-14/h2-8,14H,9H2,1H3. The molecule has 1 aliphatic rings. The van der Waals surface area contributed by atoms with Crippen LogP contribution in [0.1, 0.15) is 15.9 Å². The number of ketones is 1. The van der Waals surface area contributed by atoms with E-state index < -0.39 is 11.9 Å². The van der Waals surface area contributed by atoms with Gasteiger partial charge in [-0.2, -0.15) is 0 Å². The fourth-order valence-electron chi connectivity index (χ4n) is 2.18. The number of hydrogen-bond donors (Lipinski definition) is 0. The maximum atomic E-state index is 13.3. The zero-order chi connectivity index (χ0) is 14.1. The van der Waals surface area contributed by atoms with Crippen LogP contribution in [-0.4, -0.2) is 17.6 Å². The molecule has 0 radical (unpaired) electrons. The smallest absolute Gasteiger partial charge is 0.204 e. The number of hydrogen-bond acceptors (Lipinski definition) is 3. The molecular formula is C16H13FO2S. The minimum Gasteiger partial charge on any atom is -0.480 e. The van der Waals surface area contributed by atoms with Crippen LogP contribution in [0.15, 0.2) is 47.4 Å². The molecule has 2 aromatic rings. The van der Waals surface area contributed by atoms with Crippen LogP contribution in [0, 0.1) is 12.7 Å². The van der Waals surface area contributed by atoms with E-state index in [1.54, 1.807) is 24.8 Å². The van der Waals surface area contributed by atoms with Crippen LogP contribution in [0.2, 0.25) is 0 Å². The lowest BCUT2D eigenvalue weighted by molar-refractivity contribution is 0.0814. The highest BCUT2D eigenvalue weighted by Crippen LogP contribution is 2.35. The molecule has 1 heterocycles. The molecule has 0 bridgehead atoms. The number of carbonyl (C=O) groups is 1. The lowest BCUT2D eigenvalue weighted by Gasteiger charge is -2.24. The molecule has 102 valence electrons. The third-order valence-corrected chi connectivity index (χ3v) is 4.38. The average Bonchev–Trinajstić information content (AvgIpc) is 2.48. The second-order valence-electron chi connectivity index (χ2n) is 4.69. The van der Waals surface area contributed by atoms with Gasteiger partial charge >= 0.3 is 0 Å². The van der Waals surface area contributed by atoms with Crippen molar-refractivity contribution in [2.24, 2.45) is 0 Å². The van der Waals surface area contributed by atoms with Crippen molar-refractivity contribution >= 4 is 17.5 Å². The maximum Gasteiger partial charge on any atom is 0.204 e. The Hall–Kier alpha value is -1.81. The second kappa shape index (κ2) is 5.29. The van der Waals surface area contributed by atoms with Crippen molar-refractivity contribution in [2.75, 3.05) is 5.75 Å². The Bertz CT molecular complexity index is 669. The van der Waals surface area contributed by atoms with E-state index >= 15 is 0 Å². The third-order valence-electron chi connectivity index (χ3n) is 3.27. The number of rotatable bonds is 2. The molecule has 0 spiro atoms. The van der Waals surface area contributed by atoms with Crippen LogP contribution in [0.25, 0.3) is 0 Å². The van der Waals surface area contributed by atoms with Gasteiger partial charge in [-0.1, -0.05) is 18.2 Å². The van der Waals surface area contributed by atoms with Gasteiger partial charge in [0.15, 0.2) is 6.10 Å². The summed E-state index contributed by atoms with van der Waals surface area (Å²) in [5.74, 6) is 0.703. The van der Waals surface area contributed by atoms with E-state index in [0.29, 0.717) is 11.3 Å². The summed E-state index contributed by atoms with van der Waals surface area (Å²) in [7, 11) is 0. The molecule has 0 aromatic heterocycles. The number of Topliss-reactive ketones (excluding diaryl/α,β-unsaturated/α-hetero) is 1. The summed E-state index contributed by atoms with van der Waals surface area (Å²) in [5, 5.41) is 0. The number of aryl methyl sites for hydroxylation is 1. The topological polar surface area (TPSA) is 26.3 Å². The fourth-order valence-corrected chi connectivity index (χ4v) is 3.17. The number of benzene rings is 2.